The highest BCUT2D eigenvalue weighted by molar-refractivity contribution is 14.0. The first-order chi connectivity index (χ1) is 12.6. The molecule has 0 bridgehead atoms. The summed E-state index contributed by atoms with van der Waals surface area (Å²) in [5.41, 5.74) is 6.80. The van der Waals surface area contributed by atoms with Crippen LogP contribution in [0.25, 0.3) is 0 Å². The molecular formula is C19H30IN3O4. The second-order valence-corrected chi connectivity index (χ2v) is 6.80. The number of anilines is 1. The topological polar surface area (TPSA) is 87.3 Å². The van der Waals surface area contributed by atoms with Crippen molar-refractivity contribution in [2.75, 3.05) is 32.7 Å². The summed E-state index contributed by atoms with van der Waals surface area (Å²) in [4.78, 5) is 4.41. The van der Waals surface area contributed by atoms with Crippen LogP contribution >= 0.6 is 24.0 Å². The van der Waals surface area contributed by atoms with Gasteiger partial charge in [0.05, 0.1) is 27.4 Å². The zero-order valence-electron chi connectivity index (χ0n) is 16.0. The summed E-state index contributed by atoms with van der Waals surface area (Å²) >= 11 is 0. The van der Waals surface area contributed by atoms with Crippen LogP contribution in [0.2, 0.25) is 0 Å². The number of nitrogens with zero attached hydrogens (tertiary/aromatic N) is 1. The van der Waals surface area contributed by atoms with Crippen molar-refractivity contribution in [2.24, 2.45) is 10.7 Å². The number of nitrogens with one attached hydrogen (secondary N) is 1. The summed E-state index contributed by atoms with van der Waals surface area (Å²) in [6, 6.07) is 5.49. The highest BCUT2D eigenvalue weighted by Crippen LogP contribution is 2.36. The van der Waals surface area contributed by atoms with Gasteiger partial charge >= 0.3 is 0 Å². The fourth-order valence-electron chi connectivity index (χ4n) is 3.54. The Morgan fingerprint density at radius 3 is 2.56 bits per heavy atom. The van der Waals surface area contributed by atoms with Gasteiger partial charge < -0.3 is 30.0 Å². The lowest BCUT2D eigenvalue weighted by atomic mass is 10.1. The van der Waals surface area contributed by atoms with Gasteiger partial charge in [-0.1, -0.05) is 12.8 Å². The summed E-state index contributed by atoms with van der Waals surface area (Å²) in [6.45, 7) is 1.06. The average molecular weight is 491 g/mol. The van der Waals surface area contributed by atoms with Crippen LogP contribution in [0.3, 0.4) is 0 Å². The van der Waals surface area contributed by atoms with Crippen LogP contribution in [0.4, 0.5) is 5.69 Å². The van der Waals surface area contributed by atoms with Crippen molar-refractivity contribution in [3.63, 3.8) is 0 Å². The lowest BCUT2D eigenvalue weighted by Gasteiger charge is -2.26. The number of ether oxygens (including phenoxy) is 4. The van der Waals surface area contributed by atoms with E-state index in [1.165, 1.54) is 25.7 Å². The first-order valence-corrected chi connectivity index (χ1v) is 9.25. The Balaban J connectivity index is 0.00000261. The number of hydrogen-bond donors (Lipinski definition) is 2. The van der Waals surface area contributed by atoms with Crippen LogP contribution < -0.4 is 20.5 Å². The minimum absolute atomic E-state index is 0. The van der Waals surface area contributed by atoms with E-state index < -0.39 is 0 Å². The largest absolute Gasteiger partial charge is 0.493 e. The van der Waals surface area contributed by atoms with Gasteiger partial charge in [-0.3, -0.25) is 4.99 Å². The number of methoxy groups -OCH3 is 2. The Hall–Kier alpha value is -1.26. The minimum atomic E-state index is -0.387. The summed E-state index contributed by atoms with van der Waals surface area (Å²) in [6.07, 6.45) is 6.77. The van der Waals surface area contributed by atoms with E-state index in [1.54, 1.807) is 14.2 Å². The monoisotopic (exact) mass is 491 g/mol. The molecule has 1 unspecified atom stereocenters. The predicted molar refractivity (Wildman–Crippen MR) is 116 cm³/mol. The number of benzene rings is 1. The van der Waals surface area contributed by atoms with Crippen LogP contribution in [-0.2, 0) is 9.47 Å². The van der Waals surface area contributed by atoms with Crippen LogP contribution in [0.15, 0.2) is 23.2 Å². The van der Waals surface area contributed by atoms with Crippen molar-refractivity contribution in [1.82, 2.24) is 0 Å². The number of guanidine groups is 1. The quantitative estimate of drug-likeness (QED) is 0.373. The zero-order valence-corrected chi connectivity index (χ0v) is 18.4. The molecule has 2 fully saturated rings. The average Bonchev–Trinajstić information content (AvgIpc) is 2.91. The van der Waals surface area contributed by atoms with Gasteiger partial charge in [0.15, 0.2) is 23.2 Å². The lowest BCUT2D eigenvalue weighted by molar-refractivity contribution is -0.174. The molecule has 8 heteroatoms. The standard InChI is InChI=1S/C19H29N3O4.HI/c1-23-16-8-7-14(11-17(16)24-2)22-18(20)21-12-15-13-25-19(26-15)9-5-3-4-6-10-19;/h7-8,11,15H,3-6,9-10,12-13H2,1-2H3,(H3,20,21,22);1H. The molecule has 0 amide bonds. The summed E-state index contributed by atoms with van der Waals surface area (Å²) in [7, 11) is 3.20. The molecule has 3 rings (SSSR count). The maximum atomic E-state index is 6.19. The van der Waals surface area contributed by atoms with Gasteiger partial charge in [0.1, 0.15) is 6.10 Å². The lowest BCUT2D eigenvalue weighted by Crippen LogP contribution is -2.31. The molecule has 1 atom stereocenters. The van der Waals surface area contributed by atoms with Gasteiger partial charge in [-0.25, -0.2) is 0 Å². The summed E-state index contributed by atoms with van der Waals surface area (Å²) in [5.74, 6) is 1.25. The van der Waals surface area contributed by atoms with Crippen molar-refractivity contribution >= 4 is 35.6 Å². The molecule has 1 saturated carbocycles. The zero-order chi connectivity index (χ0) is 18.4. The van der Waals surface area contributed by atoms with Gasteiger partial charge in [0.25, 0.3) is 0 Å². The summed E-state index contributed by atoms with van der Waals surface area (Å²) < 4.78 is 22.7. The van der Waals surface area contributed by atoms with E-state index in [1.807, 2.05) is 18.2 Å². The van der Waals surface area contributed by atoms with E-state index >= 15 is 0 Å². The molecule has 1 aromatic carbocycles. The van der Waals surface area contributed by atoms with Gasteiger partial charge in [-0.15, -0.1) is 24.0 Å². The van der Waals surface area contributed by atoms with Gasteiger partial charge in [0.2, 0.25) is 0 Å². The second kappa shape index (κ2) is 10.3. The van der Waals surface area contributed by atoms with E-state index in [2.05, 4.69) is 10.3 Å². The molecule has 27 heavy (non-hydrogen) atoms. The molecule has 7 nitrogen and oxygen atoms in total. The molecule has 0 radical (unpaired) electrons. The Kier molecular flexibility index (Phi) is 8.43. The highest BCUT2D eigenvalue weighted by atomic mass is 127. The molecule has 1 heterocycles. The summed E-state index contributed by atoms with van der Waals surface area (Å²) in [5, 5.41) is 3.07. The van der Waals surface area contributed by atoms with E-state index in [-0.39, 0.29) is 35.9 Å². The molecule has 1 spiro atoms. The fourth-order valence-corrected chi connectivity index (χ4v) is 3.54. The Bertz CT molecular complexity index is 633. The van der Waals surface area contributed by atoms with Gasteiger partial charge in [-0.2, -0.15) is 0 Å². The molecule has 1 aromatic rings. The van der Waals surface area contributed by atoms with E-state index in [4.69, 9.17) is 24.7 Å². The van der Waals surface area contributed by atoms with Crippen LogP contribution in [0.5, 0.6) is 11.5 Å². The molecule has 1 aliphatic heterocycles. The third-order valence-corrected chi connectivity index (χ3v) is 4.90. The molecule has 3 N–H and O–H groups in total. The van der Waals surface area contributed by atoms with Crippen LogP contribution in [0.1, 0.15) is 38.5 Å². The third-order valence-electron chi connectivity index (χ3n) is 4.90. The predicted octanol–water partition coefficient (Wildman–Crippen LogP) is 3.51. The van der Waals surface area contributed by atoms with Gasteiger partial charge in [-0.05, 0) is 25.0 Å². The maximum Gasteiger partial charge on any atom is 0.193 e. The normalized spacial score (nSPS) is 22.0. The highest BCUT2D eigenvalue weighted by Gasteiger charge is 2.41. The minimum Gasteiger partial charge on any atom is -0.493 e. The van der Waals surface area contributed by atoms with E-state index in [9.17, 15) is 0 Å². The SMILES string of the molecule is COc1ccc(NC(N)=NCC2COC3(CCCCCC3)O2)cc1OC.I. The number of halogens is 1. The van der Waals surface area contributed by atoms with Crippen molar-refractivity contribution in [1.29, 1.82) is 0 Å². The smallest absolute Gasteiger partial charge is 0.193 e. The number of rotatable bonds is 5. The van der Waals surface area contributed by atoms with Crippen molar-refractivity contribution in [3.8, 4) is 11.5 Å². The van der Waals surface area contributed by atoms with Crippen molar-refractivity contribution < 1.29 is 18.9 Å². The Morgan fingerprint density at radius 2 is 1.89 bits per heavy atom. The molecule has 1 saturated heterocycles. The van der Waals surface area contributed by atoms with Crippen LogP contribution in [-0.4, -0.2) is 45.2 Å². The number of nitrogens with two attached hydrogens (primary N) is 1. The first-order valence-electron chi connectivity index (χ1n) is 9.25. The molecule has 1 aliphatic carbocycles. The molecule has 152 valence electrons. The van der Waals surface area contributed by atoms with Gasteiger partial charge in [0, 0.05) is 24.6 Å². The van der Waals surface area contributed by atoms with Crippen molar-refractivity contribution in [3.05, 3.63) is 18.2 Å². The molecule has 0 aromatic heterocycles. The Labute approximate surface area is 178 Å². The van der Waals surface area contributed by atoms with Crippen LogP contribution in [0, 0.1) is 0 Å². The molecule has 2 aliphatic rings. The molecular weight excluding hydrogens is 461 g/mol. The van der Waals surface area contributed by atoms with E-state index in [0.717, 1.165) is 18.5 Å². The maximum absolute atomic E-state index is 6.19. The first kappa shape index (κ1) is 22.0. The number of hydrogen-bond acceptors (Lipinski definition) is 5. The second-order valence-electron chi connectivity index (χ2n) is 6.80. The number of aliphatic imine (C=N–C) groups is 1. The Morgan fingerprint density at radius 1 is 1.19 bits per heavy atom. The van der Waals surface area contributed by atoms with E-state index in [0.29, 0.717) is 30.6 Å². The van der Waals surface area contributed by atoms with Crippen molar-refractivity contribution in [2.45, 2.75) is 50.4 Å². The fraction of sp³-hybridized carbons (Fsp3) is 0.632. The third kappa shape index (κ3) is 5.86.